The van der Waals surface area contributed by atoms with Gasteiger partial charge in [0.2, 0.25) is 6.04 Å². The molecule has 0 aliphatic rings. The third-order valence-corrected chi connectivity index (χ3v) is 2.57. The maximum atomic E-state index is 11.8. The fraction of sp³-hybridized carbons (Fsp3) is 0.545. The summed E-state index contributed by atoms with van der Waals surface area (Å²) in [5, 5.41) is 11.0. The number of ether oxygens (including phenoxy) is 1. The number of nitrogens with one attached hydrogen (secondary N) is 1. The van der Waals surface area contributed by atoms with Gasteiger partial charge in [-0.05, 0) is 19.1 Å². The first-order valence-electron chi connectivity index (χ1n) is 5.55. The van der Waals surface area contributed by atoms with Crippen LogP contribution in [0.1, 0.15) is 31.9 Å². The number of aromatic amines is 1. The van der Waals surface area contributed by atoms with E-state index in [9.17, 15) is 14.9 Å². The Morgan fingerprint density at radius 1 is 1.59 bits per heavy atom. The molecule has 1 heterocycles. The van der Waals surface area contributed by atoms with E-state index in [1.54, 1.807) is 32.2 Å². The van der Waals surface area contributed by atoms with Crippen LogP contribution in [0.25, 0.3) is 0 Å². The van der Waals surface area contributed by atoms with Crippen LogP contribution in [0.5, 0.6) is 0 Å². The molecule has 0 saturated heterocycles. The van der Waals surface area contributed by atoms with Gasteiger partial charge in [0.25, 0.3) is 0 Å². The van der Waals surface area contributed by atoms with E-state index in [4.69, 9.17) is 4.74 Å². The Bertz CT molecular complexity index is 375. The monoisotopic (exact) mass is 240 g/mol. The van der Waals surface area contributed by atoms with Crippen LogP contribution in [-0.2, 0) is 9.53 Å². The first-order valence-corrected chi connectivity index (χ1v) is 5.55. The molecule has 0 aliphatic carbocycles. The van der Waals surface area contributed by atoms with Crippen LogP contribution in [0.2, 0.25) is 0 Å². The van der Waals surface area contributed by atoms with Crippen molar-refractivity contribution in [1.82, 2.24) is 4.98 Å². The number of carbonyl (C=O) groups is 1. The highest BCUT2D eigenvalue weighted by atomic mass is 16.6. The van der Waals surface area contributed by atoms with Crippen LogP contribution >= 0.6 is 0 Å². The highest BCUT2D eigenvalue weighted by Crippen LogP contribution is 2.24. The predicted molar refractivity (Wildman–Crippen MR) is 61.2 cm³/mol. The third kappa shape index (κ3) is 3.05. The molecule has 1 aromatic rings. The largest absolute Gasteiger partial charge is 0.465 e. The molecule has 0 saturated carbocycles. The van der Waals surface area contributed by atoms with E-state index in [0.717, 1.165) is 0 Å². The average Bonchev–Trinajstić information content (AvgIpc) is 2.78. The summed E-state index contributed by atoms with van der Waals surface area (Å²) in [6.07, 6.45) is 1.91. The van der Waals surface area contributed by atoms with Crippen LogP contribution in [-0.4, -0.2) is 28.5 Å². The number of hydrogen-bond acceptors (Lipinski definition) is 4. The summed E-state index contributed by atoms with van der Waals surface area (Å²) in [5.74, 6) is -1.43. The summed E-state index contributed by atoms with van der Waals surface area (Å²) in [5.41, 5.74) is 0.520. The minimum absolute atomic E-state index is 0.212. The van der Waals surface area contributed by atoms with Gasteiger partial charge in [0.05, 0.1) is 6.61 Å². The first-order chi connectivity index (χ1) is 8.11. The van der Waals surface area contributed by atoms with Gasteiger partial charge < -0.3 is 9.72 Å². The molecule has 0 unspecified atom stereocenters. The highest BCUT2D eigenvalue weighted by Gasteiger charge is 2.38. The molecule has 2 atom stereocenters. The Hall–Kier alpha value is -1.85. The fourth-order valence-corrected chi connectivity index (χ4v) is 1.77. The normalized spacial score (nSPS) is 14.0. The molecule has 0 radical (unpaired) electrons. The van der Waals surface area contributed by atoms with Gasteiger partial charge in [-0.1, -0.05) is 6.92 Å². The van der Waals surface area contributed by atoms with Crippen LogP contribution < -0.4 is 0 Å². The van der Waals surface area contributed by atoms with Crippen molar-refractivity contribution in [3.8, 4) is 0 Å². The summed E-state index contributed by atoms with van der Waals surface area (Å²) < 4.78 is 4.90. The maximum absolute atomic E-state index is 11.8. The molecule has 17 heavy (non-hydrogen) atoms. The molecular formula is C11H16N2O4. The predicted octanol–water partition coefficient (Wildman–Crippen LogP) is 1.72. The zero-order valence-corrected chi connectivity index (χ0v) is 9.88. The molecule has 0 amide bonds. The summed E-state index contributed by atoms with van der Waals surface area (Å²) in [4.78, 5) is 25.2. The van der Waals surface area contributed by atoms with E-state index >= 15 is 0 Å². The molecule has 1 aromatic heterocycles. The standard InChI is InChI=1S/C11H16N2O4/c1-3-9(13(15)16)10(11(14)17-4-2)8-6-5-7-12-8/h5-7,9-10,12H,3-4H2,1-2H3/t9-,10+/m0/s1. The van der Waals surface area contributed by atoms with Crippen LogP contribution in [0.15, 0.2) is 18.3 Å². The summed E-state index contributed by atoms with van der Waals surface area (Å²) in [6, 6.07) is 2.40. The number of H-pyrrole nitrogens is 1. The van der Waals surface area contributed by atoms with Gasteiger partial charge in [-0.2, -0.15) is 0 Å². The minimum Gasteiger partial charge on any atom is -0.465 e. The van der Waals surface area contributed by atoms with Gasteiger partial charge in [0, 0.05) is 23.2 Å². The number of nitro groups is 1. The second kappa shape index (κ2) is 6.03. The Kier molecular flexibility index (Phi) is 4.68. The van der Waals surface area contributed by atoms with Crippen molar-refractivity contribution < 1.29 is 14.5 Å². The number of aromatic nitrogens is 1. The highest BCUT2D eigenvalue weighted by molar-refractivity contribution is 5.78. The third-order valence-electron chi connectivity index (χ3n) is 2.57. The molecule has 1 rings (SSSR count). The lowest BCUT2D eigenvalue weighted by Gasteiger charge is -2.17. The van der Waals surface area contributed by atoms with Gasteiger partial charge in [-0.25, -0.2) is 0 Å². The van der Waals surface area contributed by atoms with Gasteiger partial charge >= 0.3 is 5.97 Å². The van der Waals surface area contributed by atoms with E-state index in [2.05, 4.69) is 4.98 Å². The number of hydrogen-bond donors (Lipinski definition) is 1. The zero-order valence-electron chi connectivity index (χ0n) is 9.88. The molecule has 0 aliphatic heterocycles. The molecule has 0 spiro atoms. The van der Waals surface area contributed by atoms with E-state index < -0.39 is 22.9 Å². The molecule has 0 fully saturated rings. The van der Waals surface area contributed by atoms with Crippen molar-refractivity contribution in [2.75, 3.05) is 6.61 Å². The number of rotatable bonds is 6. The van der Waals surface area contributed by atoms with E-state index in [0.29, 0.717) is 5.69 Å². The maximum Gasteiger partial charge on any atom is 0.322 e. The SMILES string of the molecule is CCOC(=O)[C@H](c1ccc[nH]1)[C@H](CC)[N+](=O)[O-]. The number of esters is 1. The Balaban J connectivity index is 3.01. The first kappa shape index (κ1) is 13.2. The zero-order chi connectivity index (χ0) is 12.8. The van der Waals surface area contributed by atoms with Crippen LogP contribution in [0.4, 0.5) is 0 Å². The molecule has 94 valence electrons. The molecule has 0 bridgehead atoms. The quantitative estimate of drug-likeness (QED) is 0.466. The van der Waals surface area contributed by atoms with E-state index in [-0.39, 0.29) is 13.0 Å². The summed E-state index contributed by atoms with van der Waals surface area (Å²) in [6.45, 7) is 3.57. The summed E-state index contributed by atoms with van der Waals surface area (Å²) in [7, 11) is 0. The van der Waals surface area contributed by atoms with Crippen molar-refractivity contribution >= 4 is 5.97 Å². The van der Waals surface area contributed by atoms with Crippen molar-refractivity contribution in [3.05, 3.63) is 34.1 Å². The Morgan fingerprint density at radius 3 is 2.71 bits per heavy atom. The van der Waals surface area contributed by atoms with Gasteiger partial charge in [-0.3, -0.25) is 14.9 Å². The van der Waals surface area contributed by atoms with Crippen molar-refractivity contribution in [3.63, 3.8) is 0 Å². The average molecular weight is 240 g/mol. The topological polar surface area (TPSA) is 85.2 Å². The van der Waals surface area contributed by atoms with Gasteiger partial charge in [-0.15, -0.1) is 0 Å². The molecule has 6 nitrogen and oxygen atoms in total. The smallest absolute Gasteiger partial charge is 0.322 e. The summed E-state index contributed by atoms with van der Waals surface area (Å²) >= 11 is 0. The lowest BCUT2D eigenvalue weighted by molar-refractivity contribution is -0.525. The van der Waals surface area contributed by atoms with E-state index in [1.165, 1.54) is 0 Å². The fourth-order valence-electron chi connectivity index (χ4n) is 1.77. The lowest BCUT2D eigenvalue weighted by atomic mass is 9.95. The van der Waals surface area contributed by atoms with Gasteiger partial charge in [0.15, 0.2) is 5.92 Å². The molecule has 0 aromatic carbocycles. The van der Waals surface area contributed by atoms with Gasteiger partial charge in [0.1, 0.15) is 0 Å². The molecular weight excluding hydrogens is 224 g/mol. The Morgan fingerprint density at radius 2 is 2.29 bits per heavy atom. The molecule has 1 N–H and O–H groups in total. The minimum atomic E-state index is -0.965. The molecule has 6 heteroatoms. The van der Waals surface area contributed by atoms with Crippen LogP contribution in [0.3, 0.4) is 0 Å². The second-order valence-corrected chi connectivity index (χ2v) is 3.62. The van der Waals surface area contributed by atoms with Crippen molar-refractivity contribution in [2.45, 2.75) is 32.2 Å². The van der Waals surface area contributed by atoms with Crippen molar-refractivity contribution in [2.24, 2.45) is 0 Å². The number of nitrogens with zero attached hydrogens (tertiary/aromatic N) is 1. The lowest BCUT2D eigenvalue weighted by Crippen LogP contribution is -2.33. The van der Waals surface area contributed by atoms with Crippen molar-refractivity contribution in [1.29, 1.82) is 0 Å². The van der Waals surface area contributed by atoms with E-state index in [1.807, 2.05) is 0 Å². The number of carbonyl (C=O) groups excluding carboxylic acids is 1. The Labute approximate surface area is 99.1 Å². The van der Waals surface area contributed by atoms with Crippen LogP contribution in [0, 0.1) is 10.1 Å². The second-order valence-electron chi connectivity index (χ2n) is 3.62.